The molecule has 0 aliphatic rings. The van der Waals surface area contributed by atoms with Crippen LogP contribution >= 0.6 is 0 Å². The second-order valence-corrected chi connectivity index (χ2v) is 4.94. The molecule has 0 heterocycles. The minimum atomic E-state index is -0.208. The first-order valence-electron chi connectivity index (χ1n) is 7.58. The topological polar surface area (TPSA) is 47.6 Å². The van der Waals surface area contributed by atoms with E-state index < -0.39 is 0 Å². The number of hydrogen-bond acceptors (Lipinski definition) is 3. The van der Waals surface area contributed by atoms with Crippen LogP contribution in [-0.4, -0.2) is 19.6 Å². The van der Waals surface area contributed by atoms with Crippen LogP contribution in [0.3, 0.4) is 0 Å². The predicted molar refractivity (Wildman–Crippen MR) is 92.9 cm³/mol. The van der Waals surface area contributed by atoms with Crippen molar-refractivity contribution in [1.82, 2.24) is 0 Å². The number of anilines is 1. The summed E-state index contributed by atoms with van der Waals surface area (Å²) in [5.41, 5.74) is 1.58. The van der Waals surface area contributed by atoms with Gasteiger partial charge in [0.25, 0.3) is 0 Å². The Hall–Kier alpha value is -2.75. The Kier molecular flexibility index (Phi) is 6.24. The molecule has 0 unspecified atom stereocenters. The zero-order chi connectivity index (χ0) is 16.5. The van der Waals surface area contributed by atoms with E-state index in [0.29, 0.717) is 18.0 Å². The van der Waals surface area contributed by atoms with Crippen molar-refractivity contribution >= 4 is 17.7 Å². The maximum absolute atomic E-state index is 12.0. The number of carbonyl (C=O) groups is 1. The third-order valence-corrected chi connectivity index (χ3v) is 3.14. The van der Waals surface area contributed by atoms with Gasteiger partial charge in [-0.1, -0.05) is 31.2 Å². The van der Waals surface area contributed by atoms with Crippen LogP contribution < -0.4 is 14.8 Å². The van der Waals surface area contributed by atoms with Crippen LogP contribution in [0.25, 0.3) is 6.08 Å². The van der Waals surface area contributed by atoms with E-state index in [1.165, 1.54) is 6.08 Å². The second kappa shape index (κ2) is 8.63. The lowest BCUT2D eigenvalue weighted by molar-refractivity contribution is -0.111. The van der Waals surface area contributed by atoms with Crippen molar-refractivity contribution in [2.75, 3.05) is 19.0 Å². The molecule has 1 amide bonds. The van der Waals surface area contributed by atoms with Crippen molar-refractivity contribution in [2.24, 2.45) is 0 Å². The van der Waals surface area contributed by atoms with Crippen LogP contribution in [0.15, 0.2) is 54.6 Å². The van der Waals surface area contributed by atoms with Crippen LogP contribution in [0.4, 0.5) is 5.69 Å². The van der Waals surface area contributed by atoms with Crippen molar-refractivity contribution in [3.8, 4) is 11.5 Å². The minimum Gasteiger partial charge on any atom is -0.495 e. The van der Waals surface area contributed by atoms with E-state index in [1.807, 2.05) is 36.4 Å². The normalized spacial score (nSPS) is 10.5. The number of hydrogen-bond donors (Lipinski definition) is 1. The molecule has 0 aromatic heterocycles. The van der Waals surface area contributed by atoms with E-state index >= 15 is 0 Å². The molecule has 0 spiro atoms. The highest BCUT2D eigenvalue weighted by Gasteiger charge is 2.03. The van der Waals surface area contributed by atoms with Gasteiger partial charge in [-0.05, 0) is 42.3 Å². The van der Waals surface area contributed by atoms with Gasteiger partial charge in [-0.3, -0.25) is 4.79 Å². The first-order valence-corrected chi connectivity index (χ1v) is 7.58. The third kappa shape index (κ3) is 5.18. The maximum atomic E-state index is 12.0. The Morgan fingerprint density at radius 1 is 1.13 bits per heavy atom. The lowest BCUT2D eigenvalue weighted by Crippen LogP contribution is -2.08. The van der Waals surface area contributed by atoms with Crippen LogP contribution in [0.2, 0.25) is 0 Å². The van der Waals surface area contributed by atoms with Gasteiger partial charge in [0, 0.05) is 6.08 Å². The molecule has 23 heavy (non-hydrogen) atoms. The number of nitrogens with one attached hydrogen (secondary N) is 1. The molecule has 4 nitrogen and oxygen atoms in total. The summed E-state index contributed by atoms with van der Waals surface area (Å²) in [5.74, 6) is 1.26. The fourth-order valence-electron chi connectivity index (χ4n) is 1.99. The molecular weight excluding hydrogens is 290 g/mol. The molecule has 120 valence electrons. The molecule has 2 rings (SSSR count). The first-order chi connectivity index (χ1) is 11.2. The summed E-state index contributed by atoms with van der Waals surface area (Å²) in [4.78, 5) is 12.0. The van der Waals surface area contributed by atoms with Crippen LogP contribution in [0.1, 0.15) is 18.9 Å². The van der Waals surface area contributed by atoms with Gasteiger partial charge in [-0.15, -0.1) is 0 Å². The summed E-state index contributed by atoms with van der Waals surface area (Å²) < 4.78 is 10.7. The zero-order valence-corrected chi connectivity index (χ0v) is 13.4. The van der Waals surface area contributed by atoms with Crippen molar-refractivity contribution in [1.29, 1.82) is 0 Å². The first kappa shape index (κ1) is 16.6. The summed E-state index contributed by atoms with van der Waals surface area (Å²) in [7, 11) is 1.57. The van der Waals surface area contributed by atoms with Crippen molar-refractivity contribution in [3.05, 3.63) is 60.2 Å². The highest BCUT2D eigenvalue weighted by Crippen LogP contribution is 2.23. The molecule has 1 N–H and O–H groups in total. The molecular formula is C19H21NO3. The molecule has 2 aromatic carbocycles. The van der Waals surface area contributed by atoms with Crippen LogP contribution in [0.5, 0.6) is 11.5 Å². The van der Waals surface area contributed by atoms with E-state index in [4.69, 9.17) is 9.47 Å². The molecule has 0 saturated carbocycles. The van der Waals surface area contributed by atoms with Crippen molar-refractivity contribution in [3.63, 3.8) is 0 Å². The van der Waals surface area contributed by atoms with Gasteiger partial charge in [0.1, 0.15) is 11.5 Å². The summed E-state index contributed by atoms with van der Waals surface area (Å²) in [6.07, 6.45) is 4.23. The van der Waals surface area contributed by atoms with Gasteiger partial charge >= 0.3 is 0 Å². The number of carbonyl (C=O) groups excluding carboxylic acids is 1. The van der Waals surface area contributed by atoms with E-state index in [-0.39, 0.29) is 5.91 Å². The van der Waals surface area contributed by atoms with Gasteiger partial charge in [-0.2, -0.15) is 0 Å². The highest BCUT2D eigenvalue weighted by atomic mass is 16.5. The molecule has 2 aromatic rings. The smallest absolute Gasteiger partial charge is 0.248 e. The minimum absolute atomic E-state index is 0.208. The molecule has 0 aliphatic carbocycles. The highest BCUT2D eigenvalue weighted by molar-refractivity contribution is 6.02. The monoisotopic (exact) mass is 311 g/mol. The Labute approximate surface area is 136 Å². The fraction of sp³-hybridized carbons (Fsp3) is 0.211. The lowest BCUT2D eigenvalue weighted by Gasteiger charge is -2.07. The number of rotatable bonds is 7. The van der Waals surface area contributed by atoms with E-state index in [0.717, 1.165) is 17.7 Å². The molecule has 0 saturated heterocycles. The van der Waals surface area contributed by atoms with E-state index in [1.54, 1.807) is 25.3 Å². The fourth-order valence-corrected chi connectivity index (χ4v) is 1.99. The van der Waals surface area contributed by atoms with Gasteiger partial charge in [0.15, 0.2) is 0 Å². The average Bonchev–Trinajstić information content (AvgIpc) is 2.59. The van der Waals surface area contributed by atoms with Gasteiger partial charge in [0.2, 0.25) is 5.91 Å². The largest absolute Gasteiger partial charge is 0.495 e. The number of methoxy groups -OCH3 is 1. The van der Waals surface area contributed by atoms with Gasteiger partial charge in [-0.25, -0.2) is 0 Å². The number of ether oxygens (including phenoxy) is 2. The summed E-state index contributed by atoms with van der Waals surface area (Å²) in [6.45, 7) is 2.77. The van der Waals surface area contributed by atoms with E-state index in [2.05, 4.69) is 12.2 Å². The molecule has 4 heteroatoms. The second-order valence-electron chi connectivity index (χ2n) is 4.94. The Balaban J connectivity index is 1.95. The molecule has 0 atom stereocenters. The van der Waals surface area contributed by atoms with E-state index in [9.17, 15) is 4.79 Å². The summed E-state index contributed by atoms with van der Waals surface area (Å²) >= 11 is 0. The predicted octanol–water partition coefficient (Wildman–Crippen LogP) is 4.14. The van der Waals surface area contributed by atoms with Gasteiger partial charge < -0.3 is 14.8 Å². The standard InChI is InChI=1S/C19H21NO3/c1-3-14-23-16-11-8-15(9-12-16)10-13-19(21)20-17-6-4-5-7-18(17)22-2/h4-13H,3,14H2,1-2H3,(H,20,21)/b13-10+. The third-order valence-electron chi connectivity index (χ3n) is 3.14. The summed E-state index contributed by atoms with van der Waals surface area (Å²) in [5, 5.41) is 2.80. The van der Waals surface area contributed by atoms with Crippen molar-refractivity contribution < 1.29 is 14.3 Å². The average molecular weight is 311 g/mol. The zero-order valence-electron chi connectivity index (χ0n) is 13.4. The molecule has 0 radical (unpaired) electrons. The Morgan fingerprint density at radius 2 is 1.87 bits per heavy atom. The van der Waals surface area contributed by atoms with Crippen LogP contribution in [-0.2, 0) is 4.79 Å². The van der Waals surface area contributed by atoms with Crippen LogP contribution in [0, 0.1) is 0 Å². The molecule has 0 aliphatic heterocycles. The van der Waals surface area contributed by atoms with Gasteiger partial charge in [0.05, 0.1) is 19.4 Å². The lowest BCUT2D eigenvalue weighted by atomic mass is 10.2. The Morgan fingerprint density at radius 3 is 2.57 bits per heavy atom. The maximum Gasteiger partial charge on any atom is 0.248 e. The molecule has 0 fully saturated rings. The number of amides is 1. The summed E-state index contributed by atoms with van der Waals surface area (Å²) in [6, 6.07) is 14.9. The quantitative estimate of drug-likeness (QED) is 0.782. The number of benzene rings is 2. The number of para-hydroxylation sites is 2. The van der Waals surface area contributed by atoms with Crippen molar-refractivity contribution in [2.45, 2.75) is 13.3 Å². The SMILES string of the molecule is CCCOc1ccc(/C=C/C(=O)Nc2ccccc2OC)cc1. The Bertz CT molecular complexity index is 663. The molecule has 0 bridgehead atoms.